The van der Waals surface area contributed by atoms with E-state index >= 15 is 0 Å². The highest BCUT2D eigenvalue weighted by Crippen LogP contribution is 2.48. The van der Waals surface area contributed by atoms with Crippen LogP contribution in [0.1, 0.15) is 28.3 Å². The van der Waals surface area contributed by atoms with Crippen molar-refractivity contribution < 1.29 is 26.8 Å². The number of hydrogen-bond acceptors (Lipinski definition) is 4. The van der Waals surface area contributed by atoms with Crippen LogP contribution in [0, 0.1) is 17.6 Å². The smallest absolute Gasteiger partial charge is 0.264 e. The number of rotatable bonds is 5. The second-order valence-electron chi connectivity index (χ2n) is 6.39. The Kier molecular flexibility index (Phi) is 4.97. The van der Waals surface area contributed by atoms with E-state index in [1.165, 1.54) is 30.3 Å². The van der Waals surface area contributed by atoms with E-state index < -0.39 is 27.6 Å². The molecule has 142 valence electrons. The zero-order valence-electron chi connectivity index (χ0n) is 14.2. The van der Waals surface area contributed by atoms with Gasteiger partial charge >= 0.3 is 0 Å². The monoisotopic (exact) mass is 394 g/mol. The maximum absolute atomic E-state index is 13.3. The predicted molar refractivity (Wildman–Crippen MR) is 94.6 cm³/mol. The molecule has 2 N–H and O–H groups in total. The Balaban J connectivity index is 1.60. The molecule has 0 saturated heterocycles. The molecule has 2 unspecified atom stereocenters. The molecule has 2 aromatic rings. The first-order valence-corrected chi connectivity index (χ1v) is 9.91. The molecule has 1 fully saturated rings. The number of amides is 2. The first-order chi connectivity index (χ1) is 12.6. The molecule has 1 saturated carbocycles. The van der Waals surface area contributed by atoms with Crippen molar-refractivity contribution in [1.29, 1.82) is 0 Å². The van der Waals surface area contributed by atoms with E-state index in [0.717, 1.165) is 18.4 Å². The van der Waals surface area contributed by atoms with Crippen LogP contribution in [0.5, 0.6) is 0 Å². The van der Waals surface area contributed by atoms with Gasteiger partial charge in [-0.15, -0.1) is 0 Å². The summed E-state index contributed by atoms with van der Waals surface area (Å²) in [6, 6.07) is 9.33. The zero-order valence-corrected chi connectivity index (χ0v) is 15.0. The van der Waals surface area contributed by atoms with Crippen LogP contribution in [-0.4, -0.2) is 26.5 Å². The maximum atomic E-state index is 13.3. The van der Waals surface area contributed by atoms with E-state index in [-0.39, 0.29) is 23.3 Å². The summed E-state index contributed by atoms with van der Waals surface area (Å²) in [4.78, 5) is 24.0. The molecule has 0 heterocycles. The molecule has 0 radical (unpaired) electrons. The van der Waals surface area contributed by atoms with Gasteiger partial charge in [0.25, 0.3) is 5.91 Å². The van der Waals surface area contributed by atoms with Gasteiger partial charge in [-0.3, -0.25) is 9.59 Å². The third kappa shape index (κ3) is 4.68. The zero-order chi connectivity index (χ0) is 19.8. The van der Waals surface area contributed by atoms with Crippen LogP contribution < -0.4 is 10.0 Å². The molecule has 0 aliphatic heterocycles. The Labute approximate surface area is 154 Å². The van der Waals surface area contributed by atoms with Gasteiger partial charge in [0, 0.05) is 17.2 Å². The normalized spacial score (nSPS) is 18.6. The summed E-state index contributed by atoms with van der Waals surface area (Å²) in [7, 11) is -3.66. The van der Waals surface area contributed by atoms with Gasteiger partial charge in [-0.2, -0.15) is 0 Å². The molecule has 3 rings (SSSR count). The molecule has 2 atom stereocenters. The molecule has 0 aromatic heterocycles. The van der Waals surface area contributed by atoms with E-state index in [1.807, 2.05) is 4.72 Å². The van der Waals surface area contributed by atoms with Crippen molar-refractivity contribution >= 4 is 27.5 Å². The van der Waals surface area contributed by atoms with Gasteiger partial charge in [0.05, 0.1) is 6.26 Å². The van der Waals surface area contributed by atoms with Crippen LogP contribution in [-0.2, 0) is 14.8 Å². The topological polar surface area (TPSA) is 92.3 Å². The van der Waals surface area contributed by atoms with Crippen LogP contribution in [0.15, 0.2) is 42.5 Å². The molecule has 9 heteroatoms. The van der Waals surface area contributed by atoms with Crippen LogP contribution in [0.2, 0.25) is 0 Å². The minimum Gasteiger partial charge on any atom is -0.326 e. The lowest BCUT2D eigenvalue weighted by atomic mass is 10.1. The van der Waals surface area contributed by atoms with Gasteiger partial charge in [-0.1, -0.05) is 6.07 Å². The number of nitrogens with one attached hydrogen (secondary N) is 2. The van der Waals surface area contributed by atoms with E-state index in [2.05, 4.69) is 5.32 Å². The highest BCUT2D eigenvalue weighted by Gasteiger charge is 2.44. The number of benzene rings is 2. The number of hydrogen-bond donors (Lipinski definition) is 2. The quantitative estimate of drug-likeness (QED) is 0.815. The number of carbonyl (C=O) groups excluding carboxylic acids is 2. The number of halogens is 2. The minimum atomic E-state index is -3.66. The fraction of sp³-hybridized carbons (Fsp3) is 0.222. The van der Waals surface area contributed by atoms with Gasteiger partial charge in [-0.05, 0) is 54.3 Å². The van der Waals surface area contributed by atoms with Gasteiger partial charge in [0.1, 0.15) is 0 Å². The lowest BCUT2D eigenvalue weighted by molar-refractivity contribution is -0.117. The highest BCUT2D eigenvalue weighted by atomic mass is 32.2. The lowest BCUT2D eigenvalue weighted by Crippen LogP contribution is -2.29. The van der Waals surface area contributed by atoms with Crippen LogP contribution in [0.4, 0.5) is 14.5 Å². The summed E-state index contributed by atoms with van der Waals surface area (Å²) in [5, 5.41) is 2.69. The predicted octanol–water partition coefficient (Wildman–Crippen LogP) is 2.40. The summed E-state index contributed by atoms with van der Waals surface area (Å²) in [5.74, 6) is -3.42. The molecular weight excluding hydrogens is 378 g/mol. The van der Waals surface area contributed by atoms with Crippen LogP contribution >= 0.6 is 0 Å². The molecule has 1 aliphatic carbocycles. The standard InChI is InChI=1S/C18H16F2N2O4S/c1-27(25,26)22-17(23)10-2-5-12(6-3-10)21-18(24)14-9-13(14)11-4-7-15(19)16(20)8-11/h2-8,13-14H,9H2,1H3,(H,21,24)(H,22,23). The molecule has 2 amide bonds. The van der Waals surface area contributed by atoms with Gasteiger partial charge in [0.15, 0.2) is 11.6 Å². The van der Waals surface area contributed by atoms with Crippen molar-refractivity contribution in [3.63, 3.8) is 0 Å². The van der Waals surface area contributed by atoms with Gasteiger partial charge in [0.2, 0.25) is 15.9 Å². The Bertz CT molecular complexity index is 1010. The largest absolute Gasteiger partial charge is 0.326 e. The van der Waals surface area contributed by atoms with Crippen LogP contribution in [0.3, 0.4) is 0 Å². The number of anilines is 1. The molecule has 2 aromatic carbocycles. The second kappa shape index (κ2) is 7.07. The highest BCUT2D eigenvalue weighted by molar-refractivity contribution is 7.89. The molecular formula is C18H16F2N2O4S. The summed E-state index contributed by atoms with van der Waals surface area (Å²) in [5.41, 5.74) is 1.14. The molecule has 0 spiro atoms. The average Bonchev–Trinajstić information content (AvgIpc) is 3.37. The fourth-order valence-corrected chi connectivity index (χ4v) is 3.22. The minimum absolute atomic E-state index is 0.129. The van der Waals surface area contributed by atoms with Crippen molar-refractivity contribution in [1.82, 2.24) is 4.72 Å². The number of carbonyl (C=O) groups is 2. The van der Waals surface area contributed by atoms with Crippen LogP contribution in [0.25, 0.3) is 0 Å². The third-order valence-corrected chi connectivity index (χ3v) is 4.75. The Hall–Kier alpha value is -2.81. The molecule has 6 nitrogen and oxygen atoms in total. The summed E-state index contributed by atoms with van der Waals surface area (Å²) >= 11 is 0. The second-order valence-corrected chi connectivity index (χ2v) is 8.14. The first-order valence-electron chi connectivity index (χ1n) is 8.02. The van der Waals surface area contributed by atoms with Crippen molar-refractivity contribution in [3.05, 3.63) is 65.2 Å². The Morgan fingerprint density at radius 3 is 2.30 bits per heavy atom. The Morgan fingerprint density at radius 1 is 1.04 bits per heavy atom. The summed E-state index contributed by atoms with van der Waals surface area (Å²) in [6.07, 6.45) is 1.41. The fourth-order valence-electron chi connectivity index (χ4n) is 2.76. The van der Waals surface area contributed by atoms with Crippen molar-refractivity contribution in [3.8, 4) is 0 Å². The van der Waals surface area contributed by atoms with E-state index in [4.69, 9.17) is 0 Å². The maximum Gasteiger partial charge on any atom is 0.264 e. The van der Waals surface area contributed by atoms with Crippen molar-refractivity contribution in [2.75, 3.05) is 11.6 Å². The Morgan fingerprint density at radius 2 is 1.70 bits per heavy atom. The first kappa shape index (κ1) is 19.0. The van der Waals surface area contributed by atoms with Gasteiger partial charge in [-0.25, -0.2) is 21.9 Å². The van der Waals surface area contributed by atoms with Gasteiger partial charge < -0.3 is 5.32 Å². The van der Waals surface area contributed by atoms with Crippen molar-refractivity contribution in [2.45, 2.75) is 12.3 Å². The molecule has 1 aliphatic rings. The average molecular weight is 394 g/mol. The van der Waals surface area contributed by atoms with E-state index in [9.17, 15) is 26.8 Å². The number of sulfonamides is 1. The molecule has 0 bridgehead atoms. The molecule has 27 heavy (non-hydrogen) atoms. The van der Waals surface area contributed by atoms with E-state index in [0.29, 0.717) is 17.7 Å². The summed E-state index contributed by atoms with van der Waals surface area (Å²) in [6.45, 7) is 0. The lowest BCUT2D eigenvalue weighted by Gasteiger charge is -2.07. The SMILES string of the molecule is CS(=O)(=O)NC(=O)c1ccc(NC(=O)C2CC2c2ccc(F)c(F)c2)cc1. The third-order valence-electron chi connectivity index (χ3n) is 4.19. The summed E-state index contributed by atoms with van der Waals surface area (Å²) < 4.78 is 50.3. The van der Waals surface area contributed by atoms with Crippen molar-refractivity contribution in [2.24, 2.45) is 5.92 Å². The van der Waals surface area contributed by atoms with E-state index in [1.54, 1.807) is 0 Å².